The fourth-order valence-corrected chi connectivity index (χ4v) is 3.74. The third-order valence-corrected chi connectivity index (χ3v) is 5.08. The molecule has 1 N–H and O–H groups in total. The van der Waals surface area contributed by atoms with Gasteiger partial charge in [-0.2, -0.15) is 0 Å². The van der Waals surface area contributed by atoms with Crippen molar-refractivity contribution < 1.29 is 9.90 Å². The second-order valence-corrected chi connectivity index (χ2v) is 9.63. The Morgan fingerprint density at radius 2 is 2.00 bits per heavy atom. The molecule has 0 aromatic carbocycles. The number of carbonyl (C=O) groups is 1. The van der Waals surface area contributed by atoms with E-state index < -0.39 is 14.0 Å². The highest BCUT2D eigenvalue weighted by Gasteiger charge is 2.50. The Hall–Kier alpha value is -0.313. The number of hydrogen-bond acceptors (Lipinski definition) is 1. The lowest BCUT2D eigenvalue weighted by Crippen LogP contribution is -2.22. The lowest BCUT2D eigenvalue weighted by molar-refractivity contribution is -0.138. The average Bonchev–Trinajstić information content (AvgIpc) is 2.35. The number of carboxylic acids is 1. The largest absolute Gasteiger partial charge is 0.481 e. The maximum atomic E-state index is 10.4. The lowest BCUT2D eigenvalue weighted by Gasteiger charge is -2.13. The molecule has 10 heavy (non-hydrogen) atoms. The van der Waals surface area contributed by atoms with Gasteiger partial charge in [0, 0.05) is 8.07 Å². The van der Waals surface area contributed by atoms with E-state index in [0.29, 0.717) is 5.54 Å². The quantitative estimate of drug-likeness (QED) is 0.622. The van der Waals surface area contributed by atoms with Crippen LogP contribution in [0.25, 0.3) is 0 Å². The molecule has 0 aromatic rings. The van der Waals surface area contributed by atoms with Crippen molar-refractivity contribution in [1.29, 1.82) is 0 Å². The molecule has 1 saturated carbocycles. The monoisotopic (exact) mass is 158 g/mol. The Morgan fingerprint density at radius 1 is 1.50 bits per heavy atom. The van der Waals surface area contributed by atoms with Crippen LogP contribution in [0.5, 0.6) is 0 Å². The molecule has 0 aromatic heterocycles. The van der Waals surface area contributed by atoms with E-state index in [9.17, 15) is 4.79 Å². The topological polar surface area (TPSA) is 37.3 Å². The Balaban J connectivity index is 2.46. The van der Waals surface area contributed by atoms with Crippen LogP contribution in [0.4, 0.5) is 0 Å². The van der Waals surface area contributed by atoms with Crippen molar-refractivity contribution >= 4 is 14.0 Å². The van der Waals surface area contributed by atoms with E-state index in [-0.39, 0.29) is 5.92 Å². The van der Waals surface area contributed by atoms with Gasteiger partial charge in [-0.3, -0.25) is 4.79 Å². The summed E-state index contributed by atoms with van der Waals surface area (Å²) < 4.78 is 0. The van der Waals surface area contributed by atoms with E-state index in [4.69, 9.17) is 5.11 Å². The predicted octanol–water partition coefficient (Wildman–Crippen LogP) is 1.80. The molecule has 0 spiro atoms. The summed E-state index contributed by atoms with van der Waals surface area (Å²) in [6.45, 7) is 6.71. The van der Waals surface area contributed by atoms with Crippen molar-refractivity contribution in [3.8, 4) is 0 Å². The molecule has 2 atom stereocenters. The van der Waals surface area contributed by atoms with Crippen LogP contribution in [0.3, 0.4) is 0 Å². The molecule has 1 aliphatic rings. The first-order chi connectivity index (χ1) is 4.43. The molecule has 1 aliphatic carbocycles. The lowest BCUT2D eigenvalue weighted by atomic mass is 10.4. The minimum absolute atomic E-state index is 0.00617. The smallest absolute Gasteiger partial charge is 0.306 e. The second kappa shape index (κ2) is 2.09. The van der Waals surface area contributed by atoms with E-state index in [2.05, 4.69) is 19.6 Å². The Bertz CT molecular complexity index is 159. The van der Waals surface area contributed by atoms with Crippen molar-refractivity contribution in [1.82, 2.24) is 0 Å². The van der Waals surface area contributed by atoms with E-state index in [1.807, 2.05) is 0 Å². The molecular weight excluding hydrogens is 144 g/mol. The highest BCUT2D eigenvalue weighted by atomic mass is 28.3. The zero-order chi connectivity index (χ0) is 7.94. The van der Waals surface area contributed by atoms with E-state index in [0.717, 1.165) is 6.42 Å². The first kappa shape index (κ1) is 7.79. The van der Waals surface area contributed by atoms with E-state index in [1.54, 1.807) is 0 Å². The summed E-state index contributed by atoms with van der Waals surface area (Å²) in [5.41, 5.74) is 0.546. The standard InChI is InChI=1S/C7H14O2Si/c1-10(2,3)6-4-5(6)7(8)9/h5-6H,4H2,1-3H3,(H,8,9)/t5-,6-/m1/s1. The summed E-state index contributed by atoms with van der Waals surface area (Å²) in [6.07, 6.45) is 0.936. The van der Waals surface area contributed by atoms with E-state index in [1.165, 1.54) is 0 Å². The van der Waals surface area contributed by atoms with Crippen LogP contribution in [-0.4, -0.2) is 19.1 Å². The normalized spacial score (nSPS) is 31.9. The van der Waals surface area contributed by atoms with Gasteiger partial charge in [0.1, 0.15) is 0 Å². The zero-order valence-corrected chi connectivity index (χ0v) is 7.72. The van der Waals surface area contributed by atoms with Crippen LogP contribution in [0.15, 0.2) is 0 Å². The van der Waals surface area contributed by atoms with Gasteiger partial charge >= 0.3 is 5.97 Å². The molecule has 0 unspecified atom stereocenters. The third kappa shape index (κ3) is 1.40. The van der Waals surface area contributed by atoms with Gasteiger partial charge in [0.25, 0.3) is 0 Å². The Labute approximate surface area is 62.3 Å². The van der Waals surface area contributed by atoms with Gasteiger partial charge in [0.15, 0.2) is 0 Å². The maximum Gasteiger partial charge on any atom is 0.306 e. The summed E-state index contributed by atoms with van der Waals surface area (Å²) in [5, 5.41) is 8.61. The van der Waals surface area contributed by atoms with Crippen molar-refractivity contribution in [3.63, 3.8) is 0 Å². The molecule has 0 aliphatic heterocycles. The summed E-state index contributed by atoms with van der Waals surface area (Å²) in [5.74, 6) is -0.584. The van der Waals surface area contributed by atoms with Crippen molar-refractivity contribution in [2.45, 2.75) is 31.6 Å². The van der Waals surface area contributed by atoms with Gasteiger partial charge in [-0.1, -0.05) is 19.6 Å². The summed E-state index contributed by atoms with van der Waals surface area (Å²) in [6, 6.07) is 0. The fraction of sp³-hybridized carbons (Fsp3) is 0.857. The molecule has 0 saturated heterocycles. The highest BCUT2D eigenvalue weighted by Crippen LogP contribution is 2.51. The molecular formula is C7H14O2Si. The molecule has 1 fully saturated rings. The molecule has 3 heteroatoms. The number of rotatable bonds is 2. The van der Waals surface area contributed by atoms with Crippen LogP contribution >= 0.6 is 0 Å². The second-order valence-electron chi connectivity index (χ2n) is 4.15. The molecule has 0 amide bonds. The Kier molecular flexibility index (Phi) is 1.62. The Morgan fingerprint density at radius 3 is 2.10 bits per heavy atom. The summed E-state index contributed by atoms with van der Waals surface area (Å²) in [4.78, 5) is 10.4. The summed E-state index contributed by atoms with van der Waals surface area (Å²) in [7, 11) is -1.13. The molecule has 58 valence electrons. The SMILES string of the molecule is C[Si](C)(C)[C@@H]1C[C@H]1C(=O)O. The van der Waals surface area contributed by atoms with Gasteiger partial charge in [0.05, 0.1) is 5.92 Å². The first-order valence-corrected chi connectivity index (χ1v) is 7.23. The molecule has 0 bridgehead atoms. The molecule has 1 rings (SSSR count). The van der Waals surface area contributed by atoms with Gasteiger partial charge in [-0.05, 0) is 12.0 Å². The van der Waals surface area contributed by atoms with Gasteiger partial charge in [-0.15, -0.1) is 0 Å². The maximum absolute atomic E-state index is 10.4. The van der Waals surface area contributed by atoms with Crippen molar-refractivity contribution in [2.75, 3.05) is 0 Å². The summed E-state index contributed by atoms with van der Waals surface area (Å²) >= 11 is 0. The van der Waals surface area contributed by atoms with Crippen LogP contribution < -0.4 is 0 Å². The highest BCUT2D eigenvalue weighted by molar-refractivity contribution is 6.78. The zero-order valence-electron chi connectivity index (χ0n) is 6.72. The van der Waals surface area contributed by atoms with Crippen LogP contribution in [0.2, 0.25) is 25.2 Å². The van der Waals surface area contributed by atoms with E-state index >= 15 is 0 Å². The van der Waals surface area contributed by atoms with Crippen LogP contribution in [0, 0.1) is 5.92 Å². The molecule has 2 nitrogen and oxygen atoms in total. The van der Waals surface area contributed by atoms with Gasteiger partial charge in [-0.25, -0.2) is 0 Å². The van der Waals surface area contributed by atoms with Crippen molar-refractivity contribution in [3.05, 3.63) is 0 Å². The van der Waals surface area contributed by atoms with Crippen LogP contribution in [-0.2, 0) is 4.79 Å². The molecule has 0 heterocycles. The first-order valence-electron chi connectivity index (χ1n) is 3.65. The minimum Gasteiger partial charge on any atom is -0.481 e. The van der Waals surface area contributed by atoms with Gasteiger partial charge < -0.3 is 5.11 Å². The third-order valence-electron chi connectivity index (χ3n) is 2.22. The average molecular weight is 158 g/mol. The number of aliphatic carboxylic acids is 1. The van der Waals surface area contributed by atoms with Crippen LogP contribution in [0.1, 0.15) is 6.42 Å². The number of carboxylic acid groups (broad SMARTS) is 1. The minimum atomic E-state index is -1.13. The predicted molar refractivity (Wildman–Crippen MR) is 42.8 cm³/mol. The number of hydrogen-bond donors (Lipinski definition) is 1. The molecule has 0 radical (unpaired) electrons. The fourth-order valence-electron chi connectivity index (χ4n) is 1.43. The van der Waals surface area contributed by atoms with Gasteiger partial charge in [0.2, 0.25) is 0 Å². The van der Waals surface area contributed by atoms with Crippen molar-refractivity contribution in [2.24, 2.45) is 5.92 Å².